The summed E-state index contributed by atoms with van der Waals surface area (Å²) < 4.78 is 19.8. The van der Waals surface area contributed by atoms with Crippen LogP contribution in [-0.4, -0.2) is 37.8 Å². The molecule has 0 aliphatic carbocycles. The molecule has 20 heavy (non-hydrogen) atoms. The molecule has 1 fully saturated rings. The van der Waals surface area contributed by atoms with E-state index in [9.17, 15) is 4.39 Å². The van der Waals surface area contributed by atoms with E-state index in [1.54, 1.807) is 19.4 Å². The van der Waals surface area contributed by atoms with Gasteiger partial charge >= 0.3 is 0 Å². The van der Waals surface area contributed by atoms with Crippen LogP contribution in [0.1, 0.15) is 25.8 Å². The summed E-state index contributed by atoms with van der Waals surface area (Å²) in [7, 11) is 1.70. The number of nitrogens with one attached hydrogen (secondary N) is 1. The topological polar surface area (TPSA) is 37.4 Å². The first-order chi connectivity index (χ1) is 9.61. The zero-order chi connectivity index (χ0) is 14.5. The predicted octanol–water partition coefficient (Wildman–Crippen LogP) is 2.19. The Balaban J connectivity index is 2.03. The largest absolute Gasteiger partial charge is 0.380 e. The van der Waals surface area contributed by atoms with Gasteiger partial charge in [0.25, 0.3) is 0 Å². The quantitative estimate of drug-likeness (QED) is 0.867. The fraction of sp³-hybridized carbons (Fsp3) is 0.667. The maximum absolute atomic E-state index is 14.5. The van der Waals surface area contributed by atoms with Gasteiger partial charge in [-0.2, -0.15) is 0 Å². The second kappa shape index (κ2) is 6.99. The van der Waals surface area contributed by atoms with E-state index in [1.807, 2.05) is 4.90 Å². The molecule has 2 heterocycles. The monoisotopic (exact) mass is 281 g/mol. The van der Waals surface area contributed by atoms with Gasteiger partial charge in [-0.15, -0.1) is 0 Å². The van der Waals surface area contributed by atoms with Gasteiger partial charge in [-0.3, -0.25) is 0 Å². The van der Waals surface area contributed by atoms with Crippen molar-refractivity contribution >= 4 is 5.82 Å². The third-order valence-electron chi connectivity index (χ3n) is 3.60. The molecule has 1 atom stereocenters. The van der Waals surface area contributed by atoms with E-state index in [-0.39, 0.29) is 11.9 Å². The highest BCUT2D eigenvalue weighted by molar-refractivity contribution is 5.44. The Morgan fingerprint density at radius 3 is 3.00 bits per heavy atom. The molecule has 112 valence electrons. The number of anilines is 1. The van der Waals surface area contributed by atoms with Gasteiger partial charge in [0.05, 0.1) is 6.10 Å². The standard InChI is InChI=1S/C15H24FN3O/c1-11(2)8-17-9-12-4-6-18-15(14(12)16)19-7-5-13(10-19)20-3/h4,6,11,13,17H,5,7-10H2,1-3H3. The SMILES string of the molecule is COC1CCN(c2nccc(CNCC(C)C)c2F)C1. The fourth-order valence-electron chi connectivity index (χ4n) is 2.44. The smallest absolute Gasteiger partial charge is 0.170 e. The van der Waals surface area contributed by atoms with Crippen LogP contribution in [0.3, 0.4) is 0 Å². The Morgan fingerprint density at radius 2 is 2.35 bits per heavy atom. The zero-order valence-corrected chi connectivity index (χ0v) is 12.5. The first-order valence-electron chi connectivity index (χ1n) is 7.23. The zero-order valence-electron chi connectivity index (χ0n) is 12.5. The average molecular weight is 281 g/mol. The molecule has 2 rings (SSSR count). The van der Waals surface area contributed by atoms with Crippen LogP contribution in [0.4, 0.5) is 10.2 Å². The van der Waals surface area contributed by atoms with Crippen molar-refractivity contribution in [3.63, 3.8) is 0 Å². The van der Waals surface area contributed by atoms with Crippen molar-refractivity contribution in [1.82, 2.24) is 10.3 Å². The third-order valence-corrected chi connectivity index (χ3v) is 3.60. The lowest BCUT2D eigenvalue weighted by Gasteiger charge is -2.19. The molecule has 1 unspecified atom stereocenters. The van der Waals surface area contributed by atoms with Gasteiger partial charge in [0.1, 0.15) is 0 Å². The molecule has 1 aliphatic heterocycles. The Hall–Kier alpha value is -1.20. The summed E-state index contributed by atoms with van der Waals surface area (Å²) in [5.41, 5.74) is 0.677. The Kier molecular flexibility index (Phi) is 5.31. The molecule has 0 amide bonds. The Morgan fingerprint density at radius 1 is 1.55 bits per heavy atom. The Labute approximate surface area is 120 Å². The van der Waals surface area contributed by atoms with E-state index in [0.29, 0.717) is 30.4 Å². The summed E-state index contributed by atoms with van der Waals surface area (Å²) >= 11 is 0. The van der Waals surface area contributed by atoms with Gasteiger partial charge in [-0.1, -0.05) is 13.8 Å². The molecule has 1 N–H and O–H groups in total. The van der Waals surface area contributed by atoms with Crippen molar-refractivity contribution in [3.8, 4) is 0 Å². The molecule has 0 saturated carbocycles. The molecule has 1 aliphatic rings. The van der Waals surface area contributed by atoms with E-state index >= 15 is 0 Å². The molecular weight excluding hydrogens is 257 g/mol. The second-order valence-corrected chi connectivity index (χ2v) is 5.72. The molecule has 1 aromatic heterocycles. The van der Waals surface area contributed by atoms with E-state index in [2.05, 4.69) is 24.1 Å². The fourth-order valence-corrected chi connectivity index (χ4v) is 2.44. The molecule has 1 aromatic rings. The number of nitrogens with zero attached hydrogens (tertiary/aromatic N) is 2. The summed E-state index contributed by atoms with van der Waals surface area (Å²) in [5, 5.41) is 3.27. The van der Waals surface area contributed by atoms with E-state index < -0.39 is 0 Å². The van der Waals surface area contributed by atoms with Crippen LogP contribution in [0.15, 0.2) is 12.3 Å². The van der Waals surface area contributed by atoms with Crippen LogP contribution in [0.2, 0.25) is 0 Å². The third kappa shape index (κ3) is 3.67. The predicted molar refractivity (Wildman–Crippen MR) is 78.4 cm³/mol. The van der Waals surface area contributed by atoms with Crippen molar-refractivity contribution < 1.29 is 9.13 Å². The first kappa shape index (κ1) is 15.2. The van der Waals surface area contributed by atoms with E-state index in [0.717, 1.165) is 19.5 Å². The summed E-state index contributed by atoms with van der Waals surface area (Å²) in [6.07, 6.45) is 2.79. The molecule has 4 nitrogen and oxygen atoms in total. The number of pyridine rings is 1. The van der Waals surface area contributed by atoms with Crippen LogP contribution in [-0.2, 0) is 11.3 Å². The van der Waals surface area contributed by atoms with Crippen LogP contribution < -0.4 is 10.2 Å². The maximum atomic E-state index is 14.5. The minimum atomic E-state index is -0.208. The summed E-state index contributed by atoms with van der Waals surface area (Å²) in [5.74, 6) is 0.800. The van der Waals surface area contributed by atoms with Crippen molar-refractivity contribution in [2.45, 2.75) is 32.9 Å². The van der Waals surface area contributed by atoms with E-state index in [1.165, 1.54) is 0 Å². The Bertz CT molecular complexity index is 439. The van der Waals surface area contributed by atoms with Crippen LogP contribution in [0.5, 0.6) is 0 Å². The maximum Gasteiger partial charge on any atom is 0.170 e. The van der Waals surface area contributed by atoms with Crippen LogP contribution in [0.25, 0.3) is 0 Å². The molecule has 0 radical (unpaired) electrons. The van der Waals surface area contributed by atoms with Crippen LogP contribution >= 0.6 is 0 Å². The van der Waals surface area contributed by atoms with Gasteiger partial charge in [0.2, 0.25) is 0 Å². The lowest BCUT2D eigenvalue weighted by Crippen LogP contribution is -2.25. The molecular formula is C15H24FN3O. The van der Waals surface area contributed by atoms with Crippen LogP contribution in [0, 0.1) is 11.7 Å². The number of rotatable bonds is 6. The van der Waals surface area contributed by atoms with Crippen molar-refractivity contribution in [2.24, 2.45) is 5.92 Å². The number of ether oxygens (including phenoxy) is 1. The van der Waals surface area contributed by atoms with Crippen molar-refractivity contribution in [1.29, 1.82) is 0 Å². The van der Waals surface area contributed by atoms with Gasteiger partial charge in [0.15, 0.2) is 11.6 Å². The summed E-state index contributed by atoms with van der Waals surface area (Å²) in [4.78, 5) is 6.17. The van der Waals surface area contributed by atoms with Crippen molar-refractivity contribution in [3.05, 3.63) is 23.6 Å². The lowest BCUT2D eigenvalue weighted by atomic mass is 10.2. The lowest BCUT2D eigenvalue weighted by molar-refractivity contribution is 0.121. The molecule has 0 aromatic carbocycles. The highest BCUT2D eigenvalue weighted by atomic mass is 19.1. The minimum absolute atomic E-state index is 0.180. The van der Waals surface area contributed by atoms with Gasteiger partial charge in [-0.25, -0.2) is 9.37 Å². The van der Waals surface area contributed by atoms with Crippen molar-refractivity contribution in [2.75, 3.05) is 31.6 Å². The minimum Gasteiger partial charge on any atom is -0.380 e. The first-order valence-corrected chi connectivity index (χ1v) is 7.23. The number of aromatic nitrogens is 1. The second-order valence-electron chi connectivity index (χ2n) is 5.72. The highest BCUT2D eigenvalue weighted by Gasteiger charge is 2.25. The number of hydrogen-bond acceptors (Lipinski definition) is 4. The van der Waals surface area contributed by atoms with E-state index in [4.69, 9.17) is 4.74 Å². The molecule has 0 spiro atoms. The van der Waals surface area contributed by atoms with Gasteiger partial charge in [0, 0.05) is 38.5 Å². The van der Waals surface area contributed by atoms with Gasteiger partial charge in [-0.05, 0) is 24.9 Å². The number of hydrogen-bond donors (Lipinski definition) is 1. The summed E-state index contributed by atoms with van der Waals surface area (Å²) in [6.45, 7) is 7.20. The average Bonchev–Trinajstić information content (AvgIpc) is 2.89. The molecule has 1 saturated heterocycles. The van der Waals surface area contributed by atoms with Gasteiger partial charge < -0.3 is 15.0 Å². The number of halogens is 1. The summed E-state index contributed by atoms with van der Waals surface area (Å²) in [6, 6.07) is 1.75. The molecule has 5 heteroatoms. The highest BCUT2D eigenvalue weighted by Crippen LogP contribution is 2.24. The normalized spacial score (nSPS) is 19.1. The number of methoxy groups -OCH3 is 1. The molecule has 0 bridgehead atoms.